The van der Waals surface area contributed by atoms with Gasteiger partial charge in [0.2, 0.25) is 0 Å². The summed E-state index contributed by atoms with van der Waals surface area (Å²) in [7, 11) is 0. The average molecular weight is 397 g/mol. The van der Waals surface area contributed by atoms with Crippen molar-refractivity contribution < 1.29 is 4.39 Å². The highest BCUT2D eigenvalue weighted by atomic mass is 19.1. The second-order valence-electron chi connectivity index (χ2n) is 7.59. The van der Waals surface area contributed by atoms with Crippen LogP contribution in [-0.4, -0.2) is 14.1 Å². The van der Waals surface area contributed by atoms with Gasteiger partial charge in [-0.15, -0.1) is 0 Å². The molecule has 148 valence electrons. The highest BCUT2D eigenvalue weighted by Gasteiger charge is 2.17. The largest absolute Gasteiger partial charge is 0.330 e. The van der Waals surface area contributed by atoms with Crippen molar-refractivity contribution in [2.75, 3.05) is 0 Å². The van der Waals surface area contributed by atoms with E-state index in [9.17, 15) is 9.18 Å². The Morgan fingerprint density at radius 3 is 2.40 bits per heavy atom. The van der Waals surface area contributed by atoms with E-state index in [1.54, 1.807) is 17.0 Å². The van der Waals surface area contributed by atoms with Crippen molar-refractivity contribution in [3.8, 4) is 0 Å². The number of aromatic nitrogens is 3. The van der Waals surface area contributed by atoms with E-state index < -0.39 is 0 Å². The molecule has 0 saturated heterocycles. The predicted octanol–water partition coefficient (Wildman–Crippen LogP) is 4.90. The van der Waals surface area contributed by atoms with Gasteiger partial charge in [0.25, 0.3) is 5.56 Å². The third kappa shape index (κ3) is 3.18. The van der Waals surface area contributed by atoms with E-state index >= 15 is 0 Å². The zero-order valence-electron chi connectivity index (χ0n) is 16.5. The van der Waals surface area contributed by atoms with Gasteiger partial charge in [0, 0.05) is 11.9 Å². The van der Waals surface area contributed by atoms with Crippen molar-refractivity contribution in [3.63, 3.8) is 0 Å². The quantitative estimate of drug-likeness (QED) is 0.433. The van der Waals surface area contributed by atoms with Gasteiger partial charge in [-0.25, -0.2) is 9.37 Å². The molecule has 5 heteroatoms. The molecule has 2 heterocycles. The van der Waals surface area contributed by atoms with E-state index in [1.165, 1.54) is 17.7 Å². The molecular formula is C25H20FN3O. The van der Waals surface area contributed by atoms with Crippen LogP contribution in [0.1, 0.15) is 16.7 Å². The second-order valence-corrected chi connectivity index (χ2v) is 7.59. The van der Waals surface area contributed by atoms with E-state index in [0.29, 0.717) is 29.5 Å². The number of halogens is 1. The fourth-order valence-electron chi connectivity index (χ4n) is 3.91. The Bertz CT molecular complexity index is 1420. The third-order valence-electron chi connectivity index (χ3n) is 5.45. The fourth-order valence-corrected chi connectivity index (χ4v) is 3.91. The Hall–Kier alpha value is -3.73. The summed E-state index contributed by atoms with van der Waals surface area (Å²) in [6.45, 7) is 2.99. The number of nitrogens with zero attached hydrogens (tertiary/aromatic N) is 3. The maximum absolute atomic E-state index is 14.0. The lowest BCUT2D eigenvalue weighted by Gasteiger charge is -2.10. The lowest BCUT2D eigenvalue weighted by atomic mass is 10.1. The van der Waals surface area contributed by atoms with Gasteiger partial charge in [-0.1, -0.05) is 60.2 Å². The SMILES string of the molecule is Cc1ccc(Cn2c3ccc(F)cc3c3ncn(Cc4ccccc4)c(=O)c32)cc1. The zero-order chi connectivity index (χ0) is 20.7. The van der Waals surface area contributed by atoms with Gasteiger partial charge in [-0.2, -0.15) is 0 Å². The number of hydrogen-bond donors (Lipinski definition) is 0. The van der Waals surface area contributed by atoms with E-state index in [2.05, 4.69) is 29.2 Å². The molecule has 0 aliphatic heterocycles. The van der Waals surface area contributed by atoms with Crippen LogP contribution in [0.2, 0.25) is 0 Å². The summed E-state index contributed by atoms with van der Waals surface area (Å²) >= 11 is 0. The van der Waals surface area contributed by atoms with Gasteiger partial charge in [0.15, 0.2) is 0 Å². The molecule has 0 aliphatic carbocycles. The number of aryl methyl sites for hydroxylation is 1. The van der Waals surface area contributed by atoms with Crippen molar-refractivity contribution in [1.82, 2.24) is 14.1 Å². The van der Waals surface area contributed by atoms with Crippen LogP contribution < -0.4 is 5.56 Å². The second kappa shape index (κ2) is 7.26. The van der Waals surface area contributed by atoms with Gasteiger partial charge in [0.1, 0.15) is 16.9 Å². The molecule has 0 fully saturated rings. The number of benzene rings is 3. The molecule has 0 spiro atoms. The molecule has 30 heavy (non-hydrogen) atoms. The summed E-state index contributed by atoms with van der Waals surface area (Å²) in [6.07, 6.45) is 1.55. The molecule has 0 unspecified atom stereocenters. The van der Waals surface area contributed by atoms with Crippen LogP contribution in [0, 0.1) is 12.7 Å². The number of hydrogen-bond acceptors (Lipinski definition) is 2. The minimum atomic E-state index is -0.341. The highest BCUT2D eigenvalue weighted by molar-refractivity contribution is 6.05. The first-order valence-electron chi connectivity index (χ1n) is 9.86. The Labute approximate surface area is 172 Å². The van der Waals surface area contributed by atoms with Crippen molar-refractivity contribution in [1.29, 1.82) is 0 Å². The Balaban J connectivity index is 1.73. The van der Waals surface area contributed by atoms with Crippen molar-refractivity contribution >= 4 is 21.9 Å². The molecule has 0 bridgehead atoms. The highest BCUT2D eigenvalue weighted by Crippen LogP contribution is 2.27. The van der Waals surface area contributed by atoms with Crippen LogP contribution in [-0.2, 0) is 13.1 Å². The lowest BCUT2D eigenvalue weighted by Crippen LogP contribution is -2.23. The maximum atomic E-state index is 14.0. The normalized spacial score (nSPS) is 11.4. The molecule has 0 saturated carbocycles. The summed E-state index contributed by atoms with van der Waals surface area (Å²) in [5, 5.41) is 0.654. The predicted molar refractivity (Wildman–Crippen MR) is 117 cm³/mol. The van der Waals surface area contributed by atoms with Gasteiger partial charge in [0.05, 0.1) is 18.4 Å². The summed E-state index contributed by atoms with van der Waals surface area (Å²) in [6, 6.07) is 22.6. The van der Waals surface area contributed by atoms with Gasteiger partial charge < -0.3 is 4.57 Å². The van der Waals surface area contributed by atoms with E-state index in [4.69, 9.17) is 0 Å². The molecule has 0 radical (unpaired) electrons. The Morgan fingerprint density at radius 2 is 1.63 bits per heavy atom. The Morgan fingerprint density at radius 1 is 0.900 bits per heavy atom. The van der Waals surface area contributed by atoms with Gasteiger partial charge in [-0.3, -0.25) is 9.36 Å². The summed E-state index contributed by atoms with van der Waals surface area (Å²) in [5.74, 6) is -0.341. The molecule has 0 N–H and O–H groups in total. The monoisotopic (exact) mass is 397 g/mol. The fraction of sp³-hybridized carbons (Fsp3) is 0.120. The minimum absolute atomic E-state index is 0.132. The first kappa shape index (κ1) is 18.3. The van der Waals surface area contributed by atoms with Crippen molar-refractivity contribution in [2.45, 2.75) is 20.0 Å². The molecule has 0 aliphatic rings. The Kier molecular flexibility index (Phi) is 4.43. The molecule has 0 amide bonds. The molecule has 4 nitrogen and oxygen atoms in total. The van der Waals surface area contributed by atoms with Crippen molar-refractivity contribution in [2.24, 2.45) is 0 Å². The van der Waals surface area contributed by atoms with Crippen molar-refractivity contribution in [3.05, 3.63) is 112 Å². The molecule has 2 aromatic heterocycles. The van der Waals surface area contributed by atoms with Crippen LogP contribution >= 0.6 is 0 Å². The standard InChI is InChI=1S/C25H20FN3O/c1-17-7-9-19(10-8-17)15-29-22-12-11-20(26)13-21(22)23-24(29)25(30)28(16-27-23)14-18-5-3-2-4-6-18/h2-13,16H,14-15H2,1H3. The van der Waals surface area contributed by atoms with E-state index in [-0.39, 0.29) is 11.4 Å². The molecule has 0 atom stereocenters. The number of rotatable bonds is 4. The van der Waals surface area contributed by atoms with Gasteiger partial charge in [-0.05, 0) is 36.2 Å². The maximum Gasteiger partial charge on any atom is 0.278 e. The third-order valence-corrected chi connectivity index (χ3v) is 5.45. The summed E-state index contributed by atoms with van der Waals surface area (Å²) in [5.41, 5.74) is 4.96. The topological polar surface area (TPSA) is 39.8 Å². The van der Waals surface area contributed by atoms with Gasteiger partial charge >= 0.3 is 0 Å². The average Bonchev–Trinajstić information content (AvgIpc) is 3.06. The van der Waals surface area contributed by atoms with Crippen LogP contribution in [0.5, 0.6) is 0 Å². The van der Waals surface area contributed by atoms with E-state index in [1.807, 2.05) is 41.8 Å². The van der Waals surface area contributed by atoms with E-state index in [0.717, 1.165) is 16.6 Å². The molecule has 5 rings (SSSR count). The smallest absolute Gasteiger partial charge is 0.278 e. The first-order valence-corrected chi connectivity index (χ1v) is 9.86. The lowest BCUT2D eigenvalue weighted by molar-refractivity contribution is 0.629. The van der Waals surface area contributed by atoms with Crippen LogP contribution in [0.3, 0.4) is 0 Å². The van der Waals surface area contributed by atoms with Crippen LogP contribution in [0.4, 0.5) is 4.39 Å². The molecule has 3 aromatic carbocycles. The molecular weight excluding hydrogens is 377 g/mol. The first-order chi connectivity index (χ1) is 14.6. The summed E-state index contributed by atoms with van der Waals surface area (Å²) in [4.78, 5) is 18.0. The molecule has 5 aromatic rings. The summed E-state index contributed by atoms with van der Waals surface area (Å²) < 4.78 is 17.6. The van der Waals surface area contributed by atoms with Crippen LogP contribution in [0.15, 0.2) is 83.9 Å². The zero-order valence-corrected chi connectivity index (χ0v) is 16.5. The number of fused-ring (bicyclic) bond motifs is 3. The van der Waals surface area contributed by atoms with Crippen LogP contribution in [0.25, 0.3) is 21.9 Å². The minimum Gasteiger partial charge on any atom is -0.330 e.